The van der Waals surface area contributed by atoms with E-state index in [1.165, 1.54) is 6.07 Å². The van der Waals surface area contributed by atoms with Gasteiger partial charge in [0.25, 0.3) is 5.92 Å². The van der Waals surface area contributed by atoms with Gasteiger partial charge in [0.1, 0.15) is 0 Å². The number of alkyl halides is 2. The van der Waals surface area contributed by atoms with Crippen molar-refractivity contribution < 1.29 is 8.78 Å². The molecule has 3 heteroatoms. The van der Waals surface area contributed by atoms with Crippen molar-refractivity contribution >= 4 is 10.8 Å². The van der Waals surface area contributed by atoms with Crippen molar-refractivity contribution in [1.82, 2.24) is 0 Å². The van der Waals surface area contributed by atoms with Crippen molar-refractivity contribution in [2.45, 2.75) is 12.3 Å². The summed E-state index contributed by atoms with van der Waals surface area (Å²) in [5, 5.41) is 1.43. The van der Waals surface area contributed by atoms with E-state index in [1.54, 1.807) is 18.2 Å². The molecular weight excluding hydrogens is 208 g/mol. The maximum Gasteiger partial charge on any atom is 0.275 e. The van der Waals surface area contributed by atoms with Gasteiger partial charge in [-0.25, -0.2) is 8.78 Å². The van der Waals surface area contributed by atoms with Crippen LogP contribution in [0.5, 0.6) is 0 Å². The van der Waals surface area contributed by atoms with Crippen molar-refractivity contribution in [3.05, 3.63) is 48.0 Å². The van der Waals surface area contributed by atoms with Gasteiger partial charge in [-0.1, -0.05) is 42.5 Å². The number of hydrogen-bond donors (Lipinski definition) is 1. The molecule has 0 amide bonds. The summed E-state index contributed by atoms with van der Waals surface area (Å²) in [7, 11) is 0. The van der Waals surface area contributed by atoms with Gasteiger partial charge in [-0.2, -0.15) is 0 Å². The van der Waals surface area contributed by atoms with Gasteiger partial charge in [0.2, 0.25) is 0 Å². The van der Waals surface area contributed by atoms with Gasteiger partial charge in [-0.05, 0) is 17.3 Å². The molecule has 0 aliphatic carbocycles. The van der Waals surface area contributed by atoms with Crippen LogP contribution in [0.4, 0.5) is 8.78 Å². The molecule has 16 heavy (non-hydrogen) atoms. The Labute approximate surface area is 92.9 Å². The molecule has 0 aliphatic rings. The molecule has 0 spiro atoms. The molecular formula is C13H13F2N. The standard InChI is InChI=1S/C13H13F2N/c14-13(15,8-9-16)12-7-3-5-10-4-1-2-6-11(10)12/h1-7H,8-9,16H2. The molecule has 0 bridgehead atoms. The molecule has 0 aliphatic heterocycles. The number of benzene rings is 2. The molecule has 84 valence electrons. The SMILES string of the molecule is NCCC(F)(F)c1cccc2ccccc12. The second-order valence-electron chi connectivity index (χ2n) is 3.77. The van der Waals surface area contributed by atoms with Gasteiger partial charge in [-0.15, -0.1) is 0 Å². The summed E-state index contributed by atoms with van der Waals surface area (Å²) in [6, 6.07) is 12.1. The zero-order valence-electron chi connectivity index (χ0n) is 8.79. The summed E-state index contributed by atoms with van der Waals surface area (Å²) in [5.41, 5.74) is 5.28. The number of fused-ring (bicyclic) bond motifs is 1. The lowest BCUT2D eigenvalue weighted by Crippen LogP contribution is -2.18. The Morgan fingerprint density at radius 3 is 2.44 bits per heavy atom. The highest BCUT2D eigenvalue weighted by molar-refractivity contribution is 5.86. The Balaban J connectivity index is 2.60. The molecule has 0 atom stereocenters. The molecule has 0 saturated carbocycles. The van der Waals surface area contributed by atoms with Crippen LogP contribution in [0.1, 0.15) is 12.0 Å². The van der Waals surface area contributed by atoms with Crippen LogP contribution in [-0.4, -0.2) is 6.54 Å². The summed E-state index contributed by atoms with van der Waals surface area (Å²) < 4.78 is 27.6. The lowest BCUT2D eigenvalue weighted by atomic mass is 9.98. The normalized spacial score (nSPS) is 11.9. The fourth-order valence-electron chi connectivity index (χ4n) is 1.86. The molecule has 0 heterocycles. The molecule has 0 saturated heterocycles. The first-order valence-corrected chi connectivity index (χ1v) is 5.21. The van der Waals surface area contributed by atoms with Crippen molar-refractivity contribution in [2.24, 2.45) is 5.73 Å². The summed E-state index contributed by atoms with van der Waals surface area (Å²) in [4.78, 5) is 0. The van der Waals surface area contributed by atoms with Crippen LogP contribution < -0.4 is 5.73 Å². The van der Waals surface area contributed by atoms with Crippen LogP contribution in [0.15, 0.2) is 42.5 Å². The zero-order chi connectivity index (χ0) is 11.6. The van der Waals surface area contributed by atoms with E-state index in [9.17, 15) is 8.78 Å². The average molecular weight is 221 g/mol. The maximum absolute atomic E-state index is 13.8. The average Bonchev–Trinajstić information content (AvgIpc) is 2.28. The summed E-state index contributed by atoms with van der Waals surface area (Å²) in [5.74, 6) is -2.85. The van der Waals surface area contributed by atoms with Gasteiger partial charge < -0.3 is 5.73 Å². The number of hydrogen-bond acceptors (Lipinski definition) is 1. The van der Waals surface area contributed by atoms with E-state index < -0.39 is 5.92 Å². The quantitative estimate of drug-likeness (QED) is 0.845. The molecule has 0 aromatic heterocycles. The van der Waals surface area contributed by atoms with Crippen LogP contribution in [0.2, 0.25) is 0 Å². The van der Waals surface area contributed by atoms with Gasteiger partial charge >= 0.3 is 0 Å². The third-order valence-electron chi connectivity index (χ3n) is 2.64. The summed E-state index contributed by atoms with van der Waals surface area (Å²) in [6.45, 7) is -0.0176. The predicted octanol–water partition coefficient (Wildman–Crippen LogP) is 3.28. The predicted molar refractivity (Wildman–Crippen MR) is 61.5 cm³/mol. The monoisotopic (exact) mass is 221 g/mol. The lowest BCUT2D eigenvalue weighted by molar-refractivity contribution is -0.00912. The van der Waals surface area contributed by atoms with Crippen molar-refractivity contribution in [3.63, 3.8) is 0 Å². The third kappa shape index (κ3) is 1.91. The minimum Gasteiger partial charge on any atom is -0.330 e. The number of halogens is 2. The maximum atomic E-state index is 13.8. The Morgan fingerprint density at radius 2 is 1.69 bits per heavy atom. The van der Waals surface area contributed by atoms with Gasteiger partial charge in [0.15, 0.2) is 0 Å². The first-order chi connectivity index (χ1) is 7.65. The van der Waals surface area contributed by atoms with Crippen LogP contribution in [0, 0.1) is 0 Å². The van der Waals surface area contributed by atoms with E-state index in [0.29, 0.717) is 5.39 Å². The van der Waals surface area contributed by atoms with Crippen molar-refractivity contribution in [2.75, 3.05) is 6.54 Å². The fourth-order valence-corrected chi connectivity index (χ4v) is 1.86. The summed E-state index contributed by atoms with van der Waals surface area (Å²) in [6.07, 6.45) is -0.318. The Bertz CT molecular complexity index is 489. The first-order valence-electron chi connectivity index (χ1n) is 5.21. The van der Waals surface area contributed by atoms with E-state index in [0.717, 1.165) is 5.39 Å². The second-order valence-corrected chi connectivity index (χ2v) is 3.77. The molecule has 1 nitrogen and oxygen atoms in total. The number of nitrogens with two attached hydrogens (primary N) is 1. The third-order valence-corrected chi connectivity index (χ3v) is 2.64. The van der Waals surface area contributed by atoms with Gasteiger partial charge in [-0.3, -0.25) is 0 Å². The van der Waals surface area contributed by atoms with Gasteiger partial charge in [0.05, 0.1) is 0 Å². The second kappa shape index (κ2) is 4.18. The zero-order valence-corrected chi connectivity index (χ0v) is 8.79. The highest BCUT2D eigenvalue weighted by Gasteiger charge is 2.31. The highest BCUT2D eigenvalue weighted by atomic mass is 19.3. The van der Waals surface area contributed by atoms with Crippen molar-refractivity contribution in [1.29, 1.82) is 0 Å². The van der Waals surface area contributed by atoms with Crippen LogP contribution in [-0.2, 0) is 5.92 Å². The minimum absolute atomic E-state index is 0.0176. The molecule has 0 fully saturated rings. The van der Waals surface area contributed by atoms with Crippen LogP contribution in [0.25, 0.3) is 10.8 Å². The number of rotatable bonds is 3. The van der Waals surface area contributed by atoms with E-state index in [4.69, 9.17) is 5.73 Å². The highest BCUT2D eigenvalue weighted by Crippen LogP contribution is 2.35. The molecule has 2 aromatic rings. The topological polar surface area (TPSA) is 26.0 Å². The molecule has 0 unspecified atom stereocenters. The Kier molecular flexibility index (Phi) is 2.88. The van der Waals surface area contributed by atoms with Crippen molar-refractivity contribution in [3.8, 4) is 0 Å². The first kappa shape index (κ1) is 11.0. The Hall–Kier alpha value is -1.48. The molecule has 2 aromatic carbocycles. The van der Waals surface area contributed by atoms with Gasteiger partial charge in [0, 0.05) is 12.0 Å². The fraction of sp³-hybridized carbons (Fsp3) is 0.231. The Morgan fingerprint density at radius 1 is 1.00 bits per heavy atom. The van der Waals surface area contributed by atoms with Crippen LogP contribution in [0.3, 0.4) is 0 Å². The van der Waals surface area contributed by atoms with E-state index >= 15 is 0 Å². The van der Waals surface area contributed by atoms with E-state index in [1.807, 2.05) is 18.2 Å². The lowest BCUT2D eigenvalue weighted by Gasteiger charge is -2.17. The molecule has 2 rings (SSSR count). The minimum atomic E-state index is -2.85. The molecule has 0 radical (unpaired) electrons. The van der Waals surface area contributed by atoms with E-state index in [-0.39, 0.29) is 18.5 Å². The summed E-state index contributed by atoms with van der Waals surface area (Å²) >= 11 is 0. The molecule has 2 N–H and O–H groups in total. The largest absolute Gasteiger partial charge is 0.330 e. The van der Waals surface area contributed by atoms with E-state index in [2.05, 4.69) is 0 Å². The van der Waals surface area contributed by atoms with Crippen LogP contribution >= 0.6 is 0 Å². The smallest absolute Gasteiger partial charge is 0.275 e.